The summed E-state index contributed by atoms with van der Waals surface area (Å²) in [6, 6.07) is 0. The van der Waals surface area contributed by atoms with E-state index in [1.165, 1.54) is 38.8 Å². The van der Waals surface area contributed by atoms with Gasteiger partial charge in [-0.2, -0.15) is 0 Å². The van der Waals surface area contributed by atoms with Gasteiger partial charge in [0, 0.05) is 26.2 Å². The lowest BCUT2D eigenvalue weighted by molar-refractivity contribution is 0.226. The van der Waals surface area contributed by atoms with Gasteiger partial charge in [-0.1, -0.05) is 54.9 Å². The maximum absolute atomic E-state index is 3.62. The fourth-order valence-corrected chi connectivity index (χ4v) is 2.32. The van der Waals surface area contributed by atoms with E-state index >= 15 is 0 Å². The number of hydrogen-bond donors (Lipinski definition) is 2. The molecule has 0 aliphatic heterocycles. The SMILES string of the molecule is CCCCNCCN(CCNCCC(C)(C)C)CCC(C)(C)C. The van der Waals surface area contributed by atoms with Crippen molar-refractivity contribution in [2.24, 2.45) is 10.8 Å². The Labute approximate surface area is 147 Å². The highest BCUT2D eigenvalue weighted by atomic mass is 15.1. The molecule has 0 unspecified atom stereocenters. The van der Waals surface area contributed by atoms with Crippen molar-refractivity contribution in [3.05, 3.63) is 0 Å². The summed E-state index contributed by atoms with van der Waals surface area (Å²) in [4.78, 5) is 2.62. The molecule has 2 N–H and O–H groups in total. The van der Waals surface area contributed by atoms with E-state index in [0.717, 1.165) is 32.7 Å². The predicted octanol–water partition coefficient (Wildman–Crippen LogP) is 4.14. The molecular weight excluding hydrogens is 282 g/mol. The van der Waals surface area contributed by atoms with Crippen molar-refractivity contribution in [2.75, 3.05) is 45.8 Å². The third-order valence-corrected chi connectivity index (χ3v) is 4.15. The fourth-order valence-electron chi connectivity index (χ4n) is 2.32. The van der Waals surface area contributed by atoms with Crippen molar-refractivity contribution in [3.8, 4) is 0 Å². The van der Waals surface area contributed by atoms with Crippen LogP contribution < -0.4 is 10.6 Å². The van der Waals surface area contributed by atoms with Crippen molar-refractivity contribution >= 4 is 0 Å². The largest absolute Gasteiger partial charge is 0.315 e. The summed E-state index contributed by atoms with van der Waals surface area (Å²) < 4.78 is 0. The van der Waals surface area contributed by atoms with Crippen LogP contribution in [0, 0.1) is 10.8 Å². The van der Waals surface area contributed by atoms with Gasteiger partial charge in [0.25, 0.3) is 0 Å². The first-order valence-electron chi connectivity index (χ1n) is 9.78. The van der Waals surface area contributed by atoms with Gasteiger partial charge in [-0.05, 0) is 49.7 Å². The highest BCUT2D eigenvalue weighted by molar-refractivity contribution is 4.69. The lowest BCUT2D eigenvalue weighted by atomic mass is 9.92. The van der Waals surface area contributed by atoms with Gasteiger partial charge < -0.3 is 15.5 Å². The van der Waals surface area contributed by atoms with Crippen molar-refractivity contribution < 1.29 is 0 Å². The van der Waals surface area contributed by atoms with Crippen LogP contribution in [-0.2, 0) is 0 Å². The average molecular weight is 328 g/mol. The van der Waals surface area contributed by atoms with E-state index in [0.29, 0.717) is 10.8 Å². The van der Waals surface area contributed by atoms with Crippen LogP contribution in [0.5, 0.6) is 0 Å². The summed E-state index contributed by atoms with van der Waals surface area (Å²) in [5.74, 6) is 0. The van der Waals surface area contributed by atoms with Crippen LogP contribution in [0.1, 0.15) is 74.1 Å². The molecule has 0 aromatic heterocycles. The van der Waals surface area contributed by atoms with E-state index in [2.05, 4.69) is 64.0 Å². The van der Waals surface area contributed by atoms with Crippen LogP contribution in [0.2, 0.25) is 0 Å². The molecular formula is C20H45N3. The molecule has 140 valence electrons. The van der Waals surface area contributed by atoms with E-state index < -0.39 is 0 Å². The lowest BCUT2D eigenvalue weighted by Gasteiger charge is -2.27. The zero-order valence-electron chi connectivity index (χ0n) is 17.2. The van der Waals surface area contributed by atoms with Gasteiger partial charge in [0.05, 0.1) is 0 Å². The molecule has 0 radical (unpaired) electrons. The number of unbranched alkanes of at least 4 members (excludes halogenated alkanes) is 1. The molecule has 0 heterocycles. The molecule has 0 aliphatic carbocycles. The number of hydrogen-bond acceptors (Lipinski definition) is 3. The van der Waals surface area contributed by atoms with Crippen LogP contribution in [0.25, 0.3) is 0 Å². The van der Waals surface area contributed by atoms with Gasteiger partial charge >= 0.3 is 0 Å². The Morgan fingerprint density at radius 3 is 1.65 bits per heavy atom. The Kier molecular flexibility index (Phi) is 12.2. The van der Waals surface area contributed by atoms with Crippen LogP contribution in [-0.4, -0.2) is 50.7 Å². The summed E-state index contributed by atoms with van der Waals surface area (Å²) in [7, 11) is 0. The van der Waals surface area contributed by atoms with E-state index in [1.54, 1.807) is 0 Å². The summed E-state index contributed by atoms with van der Waals surface area (Å²) in [6.07, 6.45) is 5.08. The van der Waals surface area contributed by atoms with Gasteiger partial charge in [0.2, 0.25) is 0 Å². The first-order valence-corrected chi connectivity index (χ1v) is 9.78. The van der Waals surface area contributed by atoms with E-state index in [-0.39, 0.29) is 0 Å². The normalized spacial score (nSPS) is 13.0. The van der Waals surface area contributed by atoms with Crippen LogP contribution in [0.4, 0.5) is 0 Å². The van der Waals surface area contributed by atoms with Gasteiger partial charge in [0.15, 0.2) is 0 Å². The van der Waals surface area contributed by atoms with Gasteiger partial charge in [-0.25, -0.2) is 0 Å². The van der Waals surface area contributed by atoms with E-state index in [9.17, 15) is 0 Å². The molecule has 0 fully saturated rings. The van der Waals surface area contributed by atoms with Crippen molar-refractivity contribution in [2.45, 2.75) is 74.1 Å². The van der Waals surface area contributed by atoms with Gasteiger partial charge in [-0.3, -0.25) is 0 Å². The second kappa shape index (κ2) is 12.3. The minimum atomic E-state index is 0.424. The molecule has 0 aliphatic rings. The average Bonchev–Trinajstić information content (AvgIpc) is 2.41. The summed E-state index contributed by atoms with van der Waals surface area (Å²) in [5, 5.41) is 7.19. The Morgan fingerprint density at radius 2 is 1.17 bits per heavy atom. The van der Waals surface area contributed by atoms with Crippen molar-refractivity contribution in [3.63, 3.8) is 0 Å². The van der Waals surface area contributed by atoms with Gasteiger partial charge in [0.1, 0.15) is 0 Å². The topological polar surface area (TPSA) is 27.3 Å². The third kappa shape index (κ3) is 18.1. The third-order valence-electron chi connectivity index (χ3n) is 4.15. The minimum Gasteiger partial charge on any atom is -0.315 e. The molecule has 0 rings (SSSR count). The molecule has 3 heteroatoms. The summed E-state index contributed by atoms with van der Waals surface area (Å²) >= 11 is 0. The molecule has 3 nitrogen and oxygen atoms in total. The molecule has 0 atom stereocenters. The predicted molar refractivity (Wildman–Crippen MR) is 105 cm³/mol. The van der Waals surface area contributed by atoms with Crippen LogP contribution in [0.3, 0.4) is 0 Å². The standard InChI is InChI=1S/C20H45N3/c1-8-9-12-21-14-17-23(16-11-20(5,6)7)18-15-22-13-10-19(2,3)4/h21-22H,8-18H2,1-7H3. The molecule has 0 bridgehead atoms. The lowest BCUT2D eigenvalue weighted by Crippen LogP contribution is -2.39. The highest BCUT2D eigenvalue weighted by Crippen LogP contribution is 2.18. The monoisotopic (exact) mass is 327 g/mol. The van der Waals surface area contributed by atoms with Crippen molar-refractivity contribution in [1.82, 2.24) is 15.5 Å². The Bertz CT molecular complexity index is 263. The molecule has 0 amide bonds. The first kappa shape index (κ1) is 22.9. The molecule has 0 saturated carbocycles. The smallest absolute Gasteiger partial charge is 0.0107 e. The quantitative estimate of drug-likeness (QED) is 0.498. The van der Waals surface area contributed by atoms with Crippen LogP contribution >= 0.6 is 0 Å². The van der Waals surface area contributed by atoms with Gasteiger partial charge in [-0.15, -0.1) is 0 Å². The second-order valence-electron chi connectivity index (χ2n) is 9.32. The molecule has 23 heavy (non-hydrogen) atoms. The number of nitrogens with one attached hydrogen (secondary N) is 2. The maximum Gasteiger partial charge on any atom is 0.0107 e. The number of nitrogens with zero attached hydrogens (tertiary/aromatic N) is 1. The Balaban J connectivity index is 3.96. The number of rotatable bonds is 13. The summed E-state index contributed by atoms with van der Waals surface area (Å²) in [5.41, 5.74) is 0.857. The minimum absolute atomic E-state index is 0.424. The second-order valence-corrected chi connectivity index (χ2v) is 9.32. The van der Waals surface area contributed by atoms with Crippen molar-refractivity contribution in [1.29, 1.82) is 0 Å². The fraction of sp³-hybridized carbons (Fsp3) is 1.00. The maximum atomic E-state index is 3.62. The van der Waals surface area contributed by atoms with E-state index in [1.807, 2.05) is 0 Å². The van der Waals surface area contributed by atoms with E-state index in [4.69, 9.17) is 0 Å². The Morgan fingerprint density at radius 1 is 0.652 bits per heavy atom. The zero-order chi connectivity index (χ0) is 17.8. The Hall–Kier alpha value is -0.120. The molecule has 0 aromatic rings. The first-order chi connectivity index (χ1) is 10.6. The highest BCUT2D eigenvalue weighted by Gasteiger charge is 2.13. The molecule has 0 aromatic carbocycles. The molecule has 0 saturated heterocycles. The summed E-state index contributed by atoms with van der Waals surface area (Å²) in [6.45, 7) is 24.3. The zero-order valence-corrected chi connectivity index (χ0v) is 17.2. The molecule has 0 spiro atoms. The van der Waals surface area contributed by atoms with Crippen LogP contribution in [0.15, 0.2) is 0 Å².